The zero-order valence-corrected chi connectivity index (χ0v) is 31.3. The molecule has 0 saturated heterocycles. The third-order valence-corrected chi connectivity index (χ3v) is 17.1. The highest BCUT2D eigenvalue weighted by molar-refractivity contribution is 5.89. The zero-order valence-electron chi connectivity index (χ0n) is 31.3. The van der Waals surface area contributed by atoms with E-state index in [9.17, 15) is 14.7 Å². The largest absolute Gasteiger partial charge is 0.481 e. The van der Waals surface area contributed by atoms with Crippen LogP contribution < -0.4 is 5.73 Å². The van der Waals surface area contributed by atoms with Gasteiger partial charge in [0.25, 0.3) is 0 Å². The van der Waals surface area contributed by atoms with Gasteiger partial charge in [0.15, 0.2) is 0 Å². The number of ether oxygens (including phenoxy) is 1. The van der Waals surface area contributed by atoms with E-state index in [-0.39, 0.29) is 23.0 Å². The van der Waals surface area contributed by atoms with E-state index < -0.39 is 17.4 Å². The Hall–Kier alpha value is -2.40. The van der Waals surface area contributed by atoms with E-state index in [0.717, 1.165) is 32.1 Å². The van der Waals surface area contributed by atoms with Gasteiger partial charge in [-0.25, -0.2) is 4.79 Å². The summed E-state index contributed by atoms with van der Waals surface area (Å²) in [4.78, 5) is 25.4. The second kappa shape index (κ2) is 11.8. The Bertz CT molecular complexity index is 1520. The van der Waals surface area contributed by atoms with Crippen LogP contribution in [0.4, 0.5) is 0 Å². The standard InChI is InChI=1S/C44H63NO4/c1-28(2)31-17-24-44(45)26-25-41(6)33(36(31)44)13-14-35-40(5)20-18-32(39(3,4)34(40)19-21-42(35,41)7)29-15-22-43(23-16-29,38(47)48)27-49-37(46)30-11-9-8-10-12-30/h8-12,18,29,31,33-36H,1,13-17,19-27,45H2,2-7H3,(H,47,48)/t29?,31-,33?,34?,35+,36+,40?,41+,42?,43?,44-/m0/s1. The van der Waals surface area contributed by atoms with Gasteiger partial charge in [-0.1, -0.05) is 76.6 Å². The maximum absolute atomic E-state index is 12.7. The Morgan fingerprint density at radius 1 is 0.857 bits per heavy atom. The second-order valence-corrected chi connectivity index (χ2v) is 19.3. The minimum atomic E-state index is -1.01. The Kier molecular flexibility index (Phi) is 8.45. The minimum absolute atomic E-state index is 0.00959. The summed E-state index contributed by atoms with van der Waals surface area (Å²) >= 11 is 0. The summed E-state index contributed by atoms with van der Waals surface area (Å²) in [6.07, 6.45) is 16.5. The van der Waals surface area contributed by atoms with Crippen LogP contribution in [0.25, 0.3) is 0 Å². The van der Waals surface area contributed by atoms with Crippen LogP contribution in [0.5, 0.6) is 0 Å². The van der Waals surface area contributed by atoms with Crippen LogP contribution in [0.15, 0.2) is 54.1 Å². The molecule has 0 heterocycles. The first-order valence-corrected chi connectivity index (χ1v) is 19.6. The summed E-state index contributed by atoms with van der Waals surface area (Å²) in [6.45, 7) is 19.7. The summed E-state index contributed by atoms with van der Waals surface area (Å²) < 4.78 is 5.64. The number of carbonyl (C=O) groups excluding carboxylic acids is 1. The number of fused-ring (bicyclic) bond motifs is 7. The van der Waals surface area contributed by atoms with E-state index in [1.54, 1.807) is 29.8 Å². The van der Waals surface area contributed by atoms with Crippen molar-refractivity contribution in [1.82, 2.24) is 0 Å². The summed E-state index contributed by atoms with van der Waals surface area (Å²) in [5, 5.41) is 10.4. The quantitative estimate of drug-likeness (QED) is 0.232. The molecule has 0 aromatic heterocycles. The summed E-state index contributed by atoms with van der Waals surface area (Å²) in [6, 6.07) is 8.88. The summed E-state index contributed by atoms with van der Waals surface area (Å²) in [5.74, 6) is 2.24. The number of carboxylic acid groups (broad SMARTS) is 1. The number of hydrogen-bond acceptors (Lipinski definition) is 4. The molecule has 5 fully saturated rings. The van der Waals surface area contributed by atoms with Gasteiger partial charge in [-0.15, -0.1) is 0 Å². The molecular formula is C44H63NO4. The zero-order chi connectivity index (χ0) is 35.2. The molecule has 0 spiro atoms. The highest BCUT2D eigenvalue weighted by Crippen LogP contribution is 2.76. The van der Waals surface area contributed by atoms with Crippen LogP contribution in [0, 0.1) is 62.6 Å². The molecule has 1 aromatic carbocycles. The molecule has 3 N–H and O–H groups in total. The summed E-state index contributed by atoms with van der Waals surface area (Å²) in [5.41, 5.74) is 10.6. The van der Waals surface area contributed by atoms with Gasteiger partial charge in [-0.05, 0) is 160 Å². The topological polar surface area (TPSA) is 89.6 Å². The van der Waals surface area contributed by atoms with E-state index >= 15 is 0 Å². The Morgan fingerprint density at radius 2 is 1.55 bits per heavy atom. The lowest BCUT2D eigenvalue weighted by Crippen LogP contribution is -2.67. The van der Waals surface area contributed by atoms with Crippen molar-refractivity contribution in [2.45, 2.75) is 131 Å². The number of allylic oxidation sites excluding steroid dienone is 3. The van der Waals surface area contributed by atoms with Crippen molar-refractivity contribution in [1.29, 1.82) is 0 Å². The van der Waals surface area contributed by atoms with E-state index in [2.05, 4.69) is 54.2 Å². The molecule has 0 radical (unpaired) electrons. The van der Waals surface area contributed by atoms with Gasteiger partial charge in [0.05, 0.1) is 5.56 Å². The number of carbonyl (C=O) groups is 2. The molecule has 0 aliphatic heterocycles. The lowest BCUT2D eigenvalue weighted by Gasteiger charge is -2.72. The van der Waals surface area contributed by atoms with Gasteiger partial charge in [-0.3, -0.25) is 4.79 Å². The fourth-order valence-corrected chi connectivity index (χ4v) is 14.3. The van der Waals surface area contributed by atoms with Crippen LogP contribution in [-0.2, 0) is 9.53 Å². The number of aliphatic carboxylic acids is 1. The van der Waals surface area contributed by atoms with Crippen LogP contribution in [0.2, 0.25) is 0 Å². The highest BCUT2D eigenvalue weighted by atomic mass is 16.5. The van der Waals surface area contributed by atoms with E-state index in [1.807, 2.05) is 6.07 Å². The van der Waals surface area contributed by atoms with E-state index in [4.69, 9.17) is 10.5 Å². The van der Waals surface area contributed by atoms with Gasteiger partial charge >= 0.3 is 11.9 Å². The molecule has 5 nitrogen and oxygen atoms in total. The molecule has 5 saturated carbocycles. The smallest absolute Gasteiger partial charge is 0.338 e. The molecule has 0 amide bonds. The Balaban J connectivity index is 1.10. The molecule has 6 aliphatic carbocycles. The first-order valence-electron chi connectivity index (χ1n) is 19.6. The fourth-order valence-electron chi connectivity index (χ4n) is 14.3. The van der Waals surface area contributed by atoms with E-state index in [1.165, 1.54) is 44.1 Å². The Morgan fingerprint density at radius 3 is 2.20 bits per heavy atom. The predicted octanol–water partition coefficient (Wildman–Crippen LogP) is 10.0. The van der Waals surface area contributed by atoms with Crippen molar-refractivity contribution >= 4 is 11.9 Å². The predicted molar refractivity (Wildman–Crippen MR) is 196 cm³/mol. The van der Waals surface area contributed by atoms with Gasteiger partial charge in [0.2, 0.25) is 0 Å². The number of esters is 1. The molecule has 6 aliphatic rings. The maximum Gasteiger partial charge on any atom is 0.338 e. The fraction of sp³-hybridized carbons (Fsp3) is 0.727. The van der Waals surface area contributed by atoms with Crippen LogP contribution in [0.3, 0.4) is 0 Å². The molecular weight excluding hydrogens is 606 g/mol. The van der Waals surface area contributed by atoms with Gasteiger partial charge < -0.3 is 15.6 Å². The lowest BCUT2D eigenvalue weighted by molar-refractivity contribution is -0.219. The van der Waals surface area contributed by atoms with Crippen LogP contribution in [0.1, 0.15) is 135 Å². The Labute approximate surface area is 295 Å². The minimum Gasteiger partial charge on any atom is -0.481 e. The van der Waals surface area contributed by atoms with Crippen molar-refractivity contribution in [2.24, 2.45) is 68.3 Å². The molecule has 268 valence electrons. The van der Waals surface area contributed by atoms with Crippen molar-refractivity contribution in [2.75, 3.05) is 6.61 Å². The van der Waals surface area contributed by atoms with Crippen LogP contribution in [-0.4, -0.2) is 29.2 Å². The number of carboxylic acids is 1. The molecule has 4 unspecified atom stereocenters. The van der Waals surface area contributed by atoms with Crippen molar-refractivity contribution in [3.05, 3.63) is 59.7 Å². The third kappa shape index (κ3) is 5.08. The van der Waals surface area contributed by atoms with Crippen molar-refractivity contribution in [3.63, 3.8) is 0 Å². The molecule has 5 heteroatoms. The number of rotatable bonds is 6. The number of benzene rings is 1. The third-order valence-electron chi connectivity index (χ3n) is 17.1. The number of hydrogen-bond donors (Lipinski definition) is 2. The molecule has 1 aromatic rings. The van der Waals surface area contributed by atoms with Crippen LogP contribution >= 0.6 is 0 Å². The highest BCUT2D eigenvalue weighted by Gasteiger charge is 2.70. The lowest BCUT2D eigenvalue weighted by atomic mass is 9.32. The van der Waals surface area contributed by atoms with Gasteiger partial charge in [0, 0.05) is 5.54 Å². The maximum atomic E-state index is 12.7. The SMILES string of the molecule is C=C(C)[C@@H]1CC[C@]2(N)CC[C@]3(C)C(CC[C@@H]4C5(C)CC=C(C6CCC(COC(=O)c7ccccc7)(C(=O)O)CC6)C(C)(C)C5CCC43C)[C@@H]12. The monoisotopic (exact) mass is 669 g/mol. The van der Waals surface area contributed by atoms with Crippen molar-refractivity contribution in [3.8, 4) is 0 Å². The molecule has 0 bridgehead atoms. The first-order chi connectivity index (χ1) is 23.0. The van der Waals surface area contributed by atoms with Crippen molar-refractivity contribution < 1.29 is 19.4 Å². The average Bonchev–Trinajstić information content (AvgIpc) is 3.42. The first kappa shape index (κ1) is 35.0. The molecule has 9 atom stereocenters. The number of nitrogens with two attached hydrogens (primary N) is 1. The van der Waals surface area contributed by atoms with Gasteiger partial charge in [0.1, 0.15) is 12.0 Å². The van der Waals surface area contributed by atoms with E-state index in [0.29, 0.717) is 64.7 Å². The summed E-state index contributed by atoms with van der Waals surface area (Å²) in [7, 11) is 0. The normalized spacial score (nSPS) is 45.5. The average molecular weight is 670 g/mol. The molecule has 7 rings (SSSR count). The molecule has 49 heavy (non-hydrogen) atoms. The second-order valence-electron chi connectivity index (χ2n) is 19.3. The van der Waals surface area contributed by atoms with Gasteiger partial charge in [-0.2, -0.15) is 0 Å².